The van der Waals surface area contributed by atoms with Crippen molar-refractivity contribution in [2.24, 2.45) is 0 Å². The number of benzene rings is 1. The molecule has 0 aliphatic rings. The molecule has 1 aromatic carbocycles. The van der Waals surface area contributed by atoms with Crippen molar-refractivity contribution in [3.05, 3.63) is 33.5 Å². The smallest absolute Gasteiger partial charge is 0.160 e. The van der Waals surface area contributed by atoms with E-state index >= 15 is 0 Å². The summed E-state index contributed by atoms with van der Waals surface area (Å²) in [7, 11) is 0. The van der Waals surface area contributed by atoms with E-state index in [1.54, 1.807) is 0 Å². The lowest BCUT2D eigenvalue weighted by Crippen LogP contribution is -1.99. The second-order valence-electron chi connectivity index (χ2n) is 2.50. The molecular formula is C9H6BrFO2. The maximum absolute atomic E-state index is 12.9. The average molecular weight is 245 g/mol. The number of carbonyl (C=O) groups is 2. The predicted octanol–water partition coefficient (Wildman–Crippen LogP) is 2.60. The predicted molar refractivity (Wildman–Crippen MR) is 49.5 cm³/mol. The maximum atomic E-state index is 12.9. The zero-order valence-electron chi connectivity index (χ0n) is 6.80. The van der Waals surface area contributed by atoms with Crippen LogP contribution < -0.4 is 0 Å². The van der Waals surface area contributed by atoms with Crippen LogP contribution in [0.1, 0.15) is 27.6 Å². The largest absolute Gasteiger partial charge is 0.298 e. The topological polar surface area (TPSA) is 34.1 Å². The fourth-order valence-electron chi connectivity index (χ4n) is 0.949. The molecule has 68 valence electrons. The molecule has 0 saturated carbocycles. The molecule has 1 rings (SSSR count). The summed E-state index contributed by atoms with van der Waals surface area (Å²) in [6, 6.07) is 2.44. The number of hydrogen-bond acceptors (Lipinski definition) is 2. The normalized spacial score (nSPS) is 9.77. The Balaban J connectivity index is 3.44. The van der Waals surface area contributed by atoms with E-state index in [1.807, 2.05) is 0 Å². The van der Waals surface area contributed by atoms with E-state index in [4.69, 9.17) is 0 Å². The summed E-state index contributed by atoms with van der Waals surface area (Å²) in [5, 5.41) is 0. The van der Waals surface area contributed by atoms with Crippen LogP contribution in [0, 0.1) is 5.82 Å². The van der Waals surface area contributed by atoms with E-state index in [9.17, 15) is 14.0 Å². The Morgan fingerprint density at radius 1 is 1.54 bits per heavy atom. The van der Waals surface area contributed by atoms with Gasteiger partial charge in [-0.05, 0) is 35.0 Å². The monoisotopic (exact) mass is 244 g/mol. The zero-order chi connectivity index (χ0) is 10.0. The van der Waals surface area contributed by atoms with Gasteiger partial charge in [-0.3, -0.25) is 9.59 Å². The molecule has 4 heteroatoms. The van der Waals surface area contributed by atoms with Gasteiger partial charge in [-0.1, -0.05) is 0 Å². The van der Waals surface area contributed by atoms with Gasteiger partial charge in [-0.25, -0.2) is 4.39 Å². The molecule has 0 heterocycles. The molecule has 0 aliphatic heterocycles. The lowest BCUT2D eigenvalue weighted by Gasteiger charge is -2.03. The third-order valence-corrected chi connectivity index (χ3v) is 2.48. The van der Waals surface area contributed by atoms with Crippen molar-refractivity contribution in [1.82, 2.24) is 0 Å². The highest BCUT2D eigenvalue weighted by molar-refractivity contribution is 9.10. The quantitative estimate of drug-likeness (QED) is 0.592. The number of ketones is 1. The summed E-state index contributed by atoms with van der Waals surface area (Å²) < 4.78 is 13.1. The Morgan fingerprint density at radius 2 is 2.15 bits per heavy atom. The summed E-state index contributed by atoms with van der Waals surface area (Å²) in [4.78, 5) is 21.4. The number of carbonyl (C=O) groups excluding carboxylic acids is 2. The Kier molecular flexibility index (Phi) is 2.93. The zero-order valence-corrected chi connectivity index (χ0v) is 8.39. The van der Waals surface area contributed by atoms with Crippen LogP contribution in [0.4, 0.5) is 4.39 Å². The first-order valence-corrected chi connectivity index (χ1v) is 4.31. The minimum atomic E-state index is -0.633. The van der Waals surface area contributed by atoms with Crippen molar-refractivity contribution >= 4 is 28.0 Å². The first kappa shape index (κ1) is 10.1. The molecule has 0 aromatic heterocycles. The molecule has 0 saturated heterocycles. The number of hydrogen-bond donors (Lipinski definition) is 0. The van der Waals surface area contributed by atoms with Crippen molar-refractivity contribution in [1.29, 1.82) is 0 Å². The lowest BCUT2D eigenvalue weighted by atomic mass is 10.1. The number of rotatable bonds is 2. The van der Waals surface area contributed by atoms with Crippen LogP contribution in [0.15, 0.2) is 16.6 Å². The third kappa shape index (κ3) is 1.83. The number of Topliss-reactive ketones (excluding diaryl/α,β-unsaturated/α-hetero) is 1. The Labute approximate surface area is 82.9 Å². The number of aldehydes is 1. The lowest BCUT2D eigenvalue weighted by molar-refractivity contribution is 0.101. The fraction of sp³-hybridized carbons (Fsp3) is 0.111. The molecule has 0 fully saturated rings. The Morgan fingerprint density at radius 3 is 2.62 bits per heavy atom. The van der Waals surface area contributed by atoms with Gasteiger partial charge >= 0.3 is 0 Å². The third-order valence-electron chi connectivity index (χ3n) is 1.62. The summed E-state index contributed by atoms with van der Waals surface area (Å²) in [5.41, 5.74) is 0.191. The van der Waals surface area contributed by atoms with Crippen LogP contribution >= 0.6 is 15.9 Å². The fourth-order valence-corrected chi connectivity index (χ4v) is 1.64. The summed E-state index contributed by atoms with van der Waals surface area (Å²) in [6.07, 6.45) is 0.381. The first-order valence-electron chi connectivity index (χ1n) is 3.52. The highest BCUT2D eigenvalue weighted by Gasteiger charge is 2.12. The highest BCUT2D eigenvalue weighted by Crippen LogP contribution is 2.23. The molecule has 0 spiro atoms. The molecule has 0 radical (unpaired) electrons. The summed E-state index contributed by atoms with van der Waals surface area (Å²) in [6.45, 7) is 1.35. The van der Waals surface area contributed by atoms with Gasteiger partial charge in [0, 0.05) is 10.0 Å². The molecule has 0 aliphatic carbocycles. The standard InChI is InChI=1S/C9H6BrFO2/c1-5(13)6-2-3-8(11)7(4-12)9(6)10/h2-4H,1H3. The summed E-state index contributed by atoms with van der Waals surface area (Å²) in [5.74, 6) is -0.846. The molecule has 0 bridgehead atoms. The van der Waals surface area contributed by atoms with Gasteiger partial charge in [0.2, 0.25) is 0 Å². The van der Waals surface area contributed by atoms with Crippen LogP contribution in [-0.4, -0.2) is 12.1 Å². The summed E-state index contributed by atoms with van der Waals surface area (Å²) >= 11 is 3.00. The van der Waals surface area contributed by atoms with Crippen LogP contribution in [0.2, 0.25) is 0 Å². The van der Waals surface area contributed by atoms with Crippen molar-refractivity contribution in [2.75, 3.05) is 0 Å². The minimum Gasteiger partial charge on any atom is -0.298 e. The molecular weight excluding hydrogens is 239 g/mol. The maximum Gasteiger partial charge on any atom is 0.160 e. The highest BCUT2D eigenvalue weighted by atomic mass is 79.9. The van der Waals surface area contributed by atoms with Crippen molar-refractivity contribution < 1.29 is 14.0 Å². The van der Waals surface area contributed by atoms with Gasteiger partial charge in [-0.15, -0.1) is 0 Å². The van der Waals surface area contributed by atoms with Crippen molar-refractivity contribution in [3.8, 4) is 0 Å². The second-order valence-corrected chi connectivity index (χ2v) is 3.29. The average Bonchev–Trinajstić information content (AvgIpc) is 2.04. The molecule has 0 atom stereocenters. The van der Waals surface area contributed by atoms with Crippen LogP contribution in [-0.2, 0) is 0 Å². The van der Waals surface area contributed by atoms with Gasteiger partial charge in [0.05, 0.1) is 5.56 Å². The van der Waals surface area contributed by atoms with E-state index in [-0.39, 0.29) is 15.8 Å². The van der Waals surface area contributed by atoms with E-state index in [1.165, 1.54) is 13.0 Å². The SMILES string of the molecule is CC(=O)c1ccc(F)c(C=O)c1Br. The minimum absolute atomic E-state index is 0.118. The van der Waals surface area contributed by atoms with E-state index < -0.39 is 5.82 Å². The van der Waals surface area contributed by atoms with Crippen LogP contribution in [0.5, 0.6) is 0 Å². The molecule has 0 N–H and O–H groups in total. The molecule has 2 nitrogen and oxygen atoms in total. The van der Waals surface area contributed by atoms with Gasteiger partial charge < -0.3 is 0 Å². The van der Waals surface area contributed by atoms with E-state index in [2.05, 4.69) is 15.9 Å². The van der Waals surface area contributed by atoms with Gasteiger partial charge in [0.1, 0.15) is 5.82 Å². The second kappa shape index (κ2) is 3.79. The number of halogens is 2. The molecule has 13 heavy (non-hydrogen) atoms. The van der Waals surface area contributed by atoms with Gasteiger partial charge in [0.15, 0.2) is 12.1 Å². The van der Waals surface area contributed by atoms with Gasteiger partial charge in [-0.2, -0.15) is 0 Å². The molecule has 0 unspecified atom stereocenters. The van der Waals surface area contributed by atoms with E-state index in [0.717, 1.165) is 6.07 Å². The van der Waals surface area contributed by atoms with E-state index in [0.29, 0.717) is 11.8 Å². The van der Waals surface area contributed by atoms with Crippen LogP contribution in [0.25, 0.3) is 0 Å². The van der Waals surface area contributed by atoms with Crippen molar-refractivity contribution in [3.63, 3.8) is 0 Å². The Bertz CT molecular complexity index is 374. The Hall–Kier alpha value is -1.03. The van der Waals surface area contributed by atoms with Crippen molar-refractivity contribution in [2.45, 2.75) is 6.92 Å². The first-order chi connectivity index (χ1) is 6.07. The van der Waals surface area contributed by atoms with Gasteiger partial charge in [0.25, 0.3) is 0 Å². The molecule has 1 aromatic rings. The van der Waals surface area contributed by atoms with Crippen LogP contribution in [0.3, 0.4) is 0 Å². The molecule has 0 amide bonds.